The predicted octanol–water partition coefficient (Wildman–Crippen LogP) is 3.51. The number of halogens is 3. The molecule has 3 nitrogen and oxygen atoms in total. The monoisotopic (exact) mass is 298 g/mol. The van der Waals surface area contributed by atoms with Gasteiger partial charge in [-0.15, -0.1) is 0 Å². The summed E-state index contributed by atoms with van der Waals surface area (Å²) in [6.07, 6.45) is -3.96. The van der Waals surface area contributed by atoms with E-state index in [1.54, 1.807) is 0 Å². The largest absolute Gasteiger partial charge is 0.411 e. The molecule has 0 saturated carbocycles. The SMILES string of the molecule is Cc1ccc2cc(C(N)CCOCC(F)(F)F)ccc2n1. The minimum absolute atomic E-state index is 0.0230. The third-order valence-electron chi connectivity index (χ3n) is 3.12. The summed E-state index contributed by atoms with van der Waals surface area (Å²) in [6.45, 7) is 0.655. The molecule has 1 aromatic carbocycles. The minimum atomic E-state index is -4.30. The molecule has 2 N–H and O–H groups in total. The number of fused-ring (bicyclic) bond motifs is 1. The van der Waals surface area contributed by atoms with Crippen molar-refractivity contribution in [2.45, 2.75) is 25.6 Å². The molecule has 21 heavy (non-hydrogen) atoms. The fourth-order valence-corrected chi connectivity index (χ4v) is 2.04. The van der Waals surface area contributed by atoms with Crippen LogP contribution in [0.15, 0.2) is 30.3 Å². The molecule has 0 aliphatic heterocycles. The van der Waals surface area contributed by atoms with Crippen molar-refractivity contribution in [3.8, 4) is 0 Å². The molecule has 0 amide bonds. The number of hydrogen-bond acceptors (Lipinski definition) is 3. The van der Waals surface area contributed by atoms with Crippen LogP contribution in [0.4, 0.5) is 13.2 Å². The maximum Gasteiger partial charge on any atom is 0.411 e. The van der Waals surface area contributed by atoms with Crippen LogP contribution >= 0.6 is 0 Å². The molecular weight excluding hydrogens is 281 g/mol. The Bertz CT molecular complexity index is 613. The first-order valence-electron chi connectivity index (χ1n) is 6.62. The van der Waals surface area contributed by atoms with Gasteiger partial charge in [-0.25, -0.2) is 0 Å². The van der Waals surface area contributed by atoms with E-state index in [1.165, 1.54) is 0 Å². The van der Waals surface area contributed by atoms with Gasteiger partial charge in [0.2, 0.25) is 0 Å². The summed E-state index contributed by atoms with van der Waals surface area (Å²) in [5.41, 5.74) is 8.65. The van der Waals surface area contributed by atoms with Gasteiger partial charge >= 0.3 is 6.18 Å². The molecule has 1 atom stereocenters. The summed E-state index contributed by atoms with van der Waals surface area (Å²) in [5, 5.41) is 0.963. The molecule has 0 radical (unpaired) electrons. The highest BCUT2D eigenvalue weighted by atomic mass is 19.4. The summed E-state index contributed by atoms with van der Waals surface area (Å²) < 4.78 is 40.4. The number of nitrogens with two attached hydrogens (primary N) is 1. The third-order valence-corrected chi connectivity index (χ3v) is 3.12. The first-order chi connectivity index (χ1) is 9.85. The fraction of sp³-hybridized carbons (Fsp3) is 0.400. The molecule has 1 heterocycles. The number of aromatic nitrogens is 1. The highest BCUT2D eigenvalue weighted by molar-refractivity contribution is 5.79. The molecule has 6 heteroatoms. The number of ether oxygens (including phenoxy) is 1. The van der Waals surface area contributed by atoms with Crippen LogP contribution in [-0.2, 0) is 4.74 Å². The van der Waals surface area contributed by atoms with Crippen LogP contribution in [0.2, 0.25) is 0 Å². The van der Waals surface area contributed by atoms with E-state index in [0.717, 1.165) is 22.2 Å². The standard InChI is InChI=1S/C15H17F3N2O/c1-10-2-3-12-8-11(4-5-14(12)20-10)13(19)6-7-21-9-15(16,17)18/h2-5,8,13H,6-7,9,19H2,1H3. The van der Waals surface area contributed by atoms with Crippen molar-refractivity contribution in [3.63, 3.8) is 0 Å². The third kappa shape index (κ3) is 4.68. The van der Waals surface area contributed by atoms with Gasteiger partial charge in [0.1, 0.15) is 6.61 Å². The normalized spacial score (nSPS) is 13.6. The van der Waals surface area contributed by atoms with Crippen molar-refractivity contribution >= 4 is 10.9 Å². The van der Waals surface area contributed by atoms with Crippen molar-refractivity contribution in [2.24, 2.45) is 5.73 Å². The molecular formula is C15H17F3N2O. The Morgan fingerprint density at radius 3 is 2.71 bits per heavy atom. The van der Waals surface area contributed by atoms with E-state index in [2.05, 4.69) is 9.72 Å². The molecule has 114 valence electrons. The highest BCUT2D eigenvalue weighted by Crippen LogP contribution is 2.21. The summed E-state index contributed by atoms with van der Waals surface area (Å²) in [5.74, 6) is 0. The van der Waals surface area contributed by atoms with Gasteiger partial charge in [-0.2, -0.15) is 13.2 Å². The van der Waals surface area contributed by atoms with E-state index in [4.69, 9.17) is 5.73 Å². The smallest absolute Gasteiger partial charge is 0.372 e. The van der Waals surface area contributed by atoms with E-state index < -0.39 is 12.8 Å². The van der Waals surface area contributed by atoms with Crippen molar-refractivity contribution in [1.82, 2.24) is 4.98 Å². The molecule has 1 unspecified atom stereocenters. The summed E-state index contributed by atoms with van der Waals surface area (Å²) >= 11 is 0. The number of nitrogens with zero attached hydrogens (tertiary/aromatic N) is 1. The van der Waals surface area contributed by atoms with Crippen molar-refractivity contribution in [2.75, 3.05) is 13.2 Å². The van der Waals surface area contributed by atoms with Gasteiger partial charge in [0.15, 0.2) is 0 Å². The number of alkyl halides is 3. The molecule has 2 aromatic rings. The molecule has 2 rings (SSSR count). The van der Waals surface area contributed by atoms with E-state index in [9.17, 15) is 13.2 Å². The maximum absolute atomic E-state index is 11.9. The van der Waals surface area contributed by atoms with Crippen LogP contribution in [0.25, 0.3) is 10.9 Å². The van der Waals surface area contributed by atoms with Gasteiger partial charge < -0.3 is 10.5 Å². The molecule has 0 aliphatic rings. The Balaban J connectivity index is 1.96. The Morgan fingerprint density at radius 2 is 2.00 bits per heavy atom. The zero-order valence-corrected chi connectivity index (χ0v) is 11.7. The van der Waals surface area contributed by atoms with Gasteiger partial charge in [-0.05, 0) is 37.1 Å². The molecule has 1 aromatic heterocycles. The molecule has 0 spiro atoms. The Morgan fingerprint density at radius 1 is 1.24 bits per heavy atom. The minimum Gasteiger partial charge on any atom is -0.372 e. The molecule has 0 saturated heterocycles. The Hall–Kier alpha value is -1.66. The molecule has 0 bridgehead atoms. The zero-order valence-electron chi connectivity index (χ0n) is 11.7. The number of pyridine rings is 1. The van der Waals surface area contributed by atoms with Crippen LogP contribution in [0.3, 0.4) is 0 Å². The second-order valence-corrected chi connectivity index (χ2v) is 4.97. The van der Waals surface area contributed by atoms with Gasteiger partial charge in [0, 0.05) is 23.7 Å². The predicted molar refractivity (Wildman–Crippen MR) is 74.9 cm³/mol. The van der Waals surface area contributed by atoms with Crippen LogP contribution in [0.5, 0.6) is 0 Å². The average Bonchev–Trinajstić information content (AvgIpc) is 2.41. The van der Waals surface area contributed by atoms with E-state index in [-0.39, 0.29) is 12.6 Å². The van der Waals surface area contributed by atoms with Crippen molar-refractivity contribution < 1.29 is 17.9 Å². The Kier molecular flexibility index (Phi) is 4.80. The first-order valence-corrected chi connectivity index (χ1v) is 6.62. The van der Waals surface area contributed by atoms with Crippen molar-refractivity contribution in [1.29, 1.82) is 0 Å². The zero-order chi connectivity index (χ0) is 15.5. The fourth-order valence-electron chi connectivity index (χ4n) is 2.04. The van der Waals surface area contributed by atoms with Crippen LogP contribution in [0, 0.1) is 6.92 Å². The molecule has 0 aliphatic carbocycles. The van der Waals surface area contributed by atoms with Crippen LogP contribution in [0.1, 0.15) is 23.7 Å². The van der Waals surface area contributed by atoms with E-state index in [1.807, 2.05) is 37.3 Å². The highest BCUT2D eigenvalue weighted by Gasteiger charge is 2.27. The van der Waals surface area contributed by atoms with E-state index >= 15 is 0 Å². The molecule has 0 fully saturated rings. The summed E-state index contributed by atoms with van der Waals surface area (Å²) in [4.78, 5) is 4.39. The lowest BCUT2D eigenvalue weighted by Gasteiger charge is -2.14. The number of hydrogen-bond donors (Lipinski definition) is 1. The lowest BCUT2D eigenvalue weighted by Crippen LogP contribution is -2.19. The van der Waals surface area contributed by atoms with Gasteiger partial charge in [0.05, 0.1) is 5.52 Å². The van der Waals surface area contributed by atoms with Gasteiger partial charge in [-0.1, -0.05) is 12.1 Å². The van der Waals surface area contributed by atoms with Gasteiger partial charge in [-0.3, -0.25) is 4.98 Å². The topological polar surface area (TPSA) is 48.1 Å². The number of aryl methyl sites for hydroxylation is 1. The van der Waals surface area contributed by atoms with E-state index in [0.29, 0.717) is 6.42 Å². The lowest BCUT2D eigenvalue weighted by atomic mass is 10.0. The summed E-state index contributed by atoms with van der Waals surface area (Å²) in [6, 6.07) is 9.13. The first kappa shape index (κ1) is 15.7. The van der Waals surface area contributed by atoms with Crippen LogP contribution < -0.4 is 5.73 Å². The second kappa shape index (κ2) is 6.41. The second-order valence-electron chi connectivity index (χ2n) is 4.97. The lowest BCUT2D eigenvalue weighted by molar-refractivity contribution is -0.174. The number of rotatable bonds is 5. The number of benzene rings is 1. The summed E-state index contributed by atoms with van der Waals surface area (Å²) in [7, 11) is 0. The van der Waals surface area contributed by atoms with Crippen LogP contribution in [-0.4, -0.2) is 24.4 Å². The van der Waals surface area contributed by atoms with Crippen molar-refractivity contribution in [3.05, 3.63) is 41.6 Å². The average molecular weight is 298 g/mol. The Labute approximate surface area is 120 Å². The quantitative estimate of drug-likeness (QED) is 0.859. The maximum atomic E-state index is 11.9. The van der Waals surface area contributed by atoms with Gasteiger partial charge in [0.25, 0.3) is 0 Å².